The van der Waals surface area contributed by atoms with E-state index in [1.807, 2.05) is 0 Å². The van der Waals surface area contributed by atoms with Gasteiger partial charge in [0, 0.05) is 0 Å². The van der Waals surface area contributed by atoms with E-state index in [1.165, 1.54) is 16.8 Å². The van der Waals surface area contributed by atoms with Gasteiger partial charge < -0.3 is 10.1 Å². The molecule has 0 aliphatic heterocycles. The Bertz CT molecular complexity index is 852. The molecule has 6 nitrogen and oxygen atoms in total. The number of aromatic nitrogens is 4. The number of nitrogens with zero attached hydrogens (tertiary/aromatic N) is 3. The lowest BCUT2D eigenvalue weighted by molar-refractivity contribution is 0.276. The lowest BCUT2D eigenvalue weighted by Gasteiger charge is -2.03. The highest BCUT2D eigenvalue weighted by Gasteiger charge is 2.15. The molecule has 1 aromatic carbocycles. The van der Waals surface area contributed by atoms with Crippen molar-refractivity contribution >= 4 is 11.0 Å². The van der Waals surface area contributed by atoms with Gasteiger partial charge in [-0.2, -0.15) is 5.10 Å². The largest absolute Gasteiger partial charge is 0.390 e. The second-order valence-corrected chi connectivity index (χ2v) is 4.74. The van der Waals surface area contributed by atoms with E-state index in [4.69, 9.17) is 0 Å². The van der Waals surface area contributed by atoms with Crippen LogP contribution in [0.2, 0.25) is 0 Å². The second-order valence-electron chi connectivity index (χ2n) is 4.74. The van der Waals surface area contributed by atoms with E-state index < -0.39 is 0 Å². The van der Waals surface area contributed by atoms with Crippen LogP contribution in [0.5, 0.6) is 0 Å². The first kappa shape index (κ1) is 13.4. The molecule has 0 bridgehead atoms. The lowest BCUT2D eigenvalue weighted by Crippen LogP contribution is -2.11. The number of aliphatic hydroxyl groups excluding tert-OH is 1. The van der Waals surface area contributed by atoms with Crippen molar-refractivity contribution in [1.82, 2.24) is 19.7 Å². The molecule has 0 saturated heterocycles. The number of fused-ring (bicyclic) bond motifs is 1. The Morgan fingerprint density at radius 2 is 2.05 bits per heavy atom. The van der Waals surface area contributed by atoms with Crippen LogP contribution >= 0.6 is 0 Å². The van der Waals surface area contributed by atoms with Crippen molar-refractivity contribution in [2.75, 3.05) is 0 Å². The highest BCUT2D eigenvalue weighted by atomic mass is 19.1. The summed E-state index contributed by atoms with van der Waals surface area (Å²) < 4.78 is 14.5. The van der Waals surface area contributed by atoms with Gasteiger partial charge in [0.05, 0.1) is 13.2 Å². The van der Waals surface area contributed by atoms with E-state index in [1.54, 1.807) is 19.1 Å². The Morgan fingerprint density at radius 3 is 2.71 bits per heavy atom. The Balaban J connectivity index is 2.14. The van der Waals surface area contributed by atoms with Crippen LogP contribution in [-0.2, 0) is 13.2 Å². The average Bonchev–Trinajstić information content (AvgIpc) is 2.79. The third kappa shape index (κ3) is 2.43. The lowest BCUT2D eigenvalue weighted by atomic mass is 10.2. The summed E-state index contributed by atoms with van der Waals surface area (Å²) in [4.78, 5) is 18.9. The molecule has 0 fully saturated rings. The molecule has 3 aromatic rings. The predicted octanol–water partition coefficient (Wildman–Crippen LogP) is 1.11. The van der Waals surface area contributed by atoms with Gasteiger partial charge in [0.2, 0.25) is 0 Å². The van der Waals surface area contributed by atoms with Crippen LogP contribution in [0.3, 0.4) is 0 Å². The number of nitrogens with one attached hydrogen (secondary N) is 1. The van der Waals surface area contributed by atoms with Gasteiger partial charge >= 0.3 is 0 Å². The van der Waals surface area contributed by atoms with Crippen LogP contribution in [-0.4, -0.2) is 24.9 Å². The van der Waals surface area contributed by atoms with Crippen LogP contribution in [0, 0.1) is 12.7 Å². The summed E-state index contributed by atoms with van der Waals surface area (Å²) in [6.07, 6.45) is 0. The van der Waals surface area contributed by atoms with Gasteiger partial charge in [-0.05, 0) is 24.6 Å². The summed E-state index contributed by atoms with van der Waals surface area (Å²) in [5, 5.41) is 13.8. The molecule has 2 aromatic heterocycles. The minimum Gasteiger partial charge on any atom is -0.390 e. The molecule has 3 rings (SSSR count). The van der Waals surface area contributed by atoms with Gasteiger partial charge in [0.15, 0.2) is 5.65 Å². The first-order valence-electron chi connectivity index (χ1n) is 6.40. The summed E-state index contributed by atoms with van der Waals surface area (Å²) in [5.41, 5.74) is 1.18. The van der Waals surface area contributed by atoms with Crippen LogP contribution in [0.15, 0.2) is 29.1 Å². The topological polar surface area (TPSA) is 83.8 Å². The molecule has 2 N–H and O–H groups in total. The normalized spacial score (nSPS) is 11.2. The molecule has 7 heteroatoms. The SMILES string of the molecule is Cc1nc2c(c(CO)nn2Cc2ccc(F)cc2)c(=O)[nH]1. The van der Waals surface area contributed by atoms with E-state index in [2.05, 4.69) is 15.1 Å². The molecular formula is C14H13FN4O2. The summed E-state index contributed by atoms with van der Waals surface area (Å²) in [5.74, 6) is 0.155. The van der Waals surface area contributed by atoms with Crippen LogP contribution < -0.4 is 5.56 Å². The fraction of sp³-hybridized carbons (Fsp3) is 0.214. The molecule has 0 saturated carbocycles. The molecule has 21 heavy (non-hydrogen) atoms. The van der Waals surface area contributed by atoms with Crippen molar-refractivity contribution < 1.29 is 9.50 Å². The second kappa shape index (κ2) is 5.10. The number of hydrogen-bond donors (Lipinski definition) is 2. The fourth-order valence-corrected chi connectivity index (χ4v) is 2.24. The average molecular weight is 288 g/mol. The summed E-state index contributed by atoms with van der Waals surface area (Å²) in [6, 6.07) is 6.00. The van der Waals surface area contributed by atoms with Crippen molar-refractivity contribution in [2.45, 2.75) is 20.1 Å². The highest BCUT2D eigenvalue weighted by molar-refractivity contribution is 5.77. The van der Waals surface area contributed by atoms with E-state index in [0.717, 1.165) is 5.56 Å². The molecule has 0 aliphatic carbocycles. The van der Waals surface area contributed by atoms with E-state index in [0.29, 0.717) is 18.0 Å². The number of hydrogen-bond acceptors (Lipinski definition) is 4. The zero-order valence-corrected chi connectivity index (χ0v) is 11.3. The van der Waals surface area contributed by atoms with Crippen molar-refractivity contribution in [3.8, 4) is 0 Å². The maximum atomic E-state index is 12.9. The monoisotopic (exact) mass is 288 g/mol. The van der Waals surface area contributed by atoms with E-state index >= 15 is 0 Å². The predicted molar refractivity (Wildman–Crippen MR) is 74.3 cm³/mol. The quantitative estimate of drug-likeness (QED) is 0.756. The third-order valence-corrected chi connectivity index (χ3v) is 3.19. The number of aromatic amines is 1. The molecule has 0 radical (unpaired) electrons. The number of aliphatic hydroxyl groups is 1. The zero-order chi connectivity index (χ0) is 15.0. The van der Waals surface area contributed by atoms with Gasteiger partial charge in [-0.3, -0.25) is 4.79 Å². The first-order chi connectivity index (χ1) is 10.1. The fourth-order valence-electron chi connectivity index (χ4n) is 2.24. The van der Waals surface area contributed by atoms with Gasteiger partial charge in [0.1, 0.15) is 22.7 Å². The smallest absolute Gasteiger partial charge is 0.262 e. The number of rotatable bonds is 3. The summed E-state index contributed by atoms with van der Waals surface area (Å²) in [6.45, 7) is 1.67. The zero-order valence-electron chi connectivity index (χ0n) is 11.3. The molecular weight excluding hydrogens is 275 g/mol. The van der Waals surface area contributed by atoms with E-state index in [9.17, 15) is 14.3 Å². The number of halogens is 1. The molecule has 0 amide bonds. The minimum absolute atomic E-state index is 0.279. The third-order valence-electron chi connectivity index (χ3n) is 3.19. The van der Waals surface area contributed by atoms with Gasteiger partial charge in [-0.25, -0.2) is 14.1 Å². The Kier molecular flexibility index (Phi) is 3.26. The first-order valence-corrected chi connectivity index (χ1v) is 6.40. The molecule has 108 valence electrons. The molecule has 0 atom stereocenters. The molecule has 2 heterocycles. The minimum atomic E-state index is -0.346. The summed E-state index contributed by atoms with van der Waals surface area (Å²) in [7, 11) is 0. The van der Waals surface area contributed by atoms with Crippen LogP contribution in [0.4, 0.5) is 4.39 Å². The molecule has 0 aliphatic rings. The Labute approximate surface area is 118 Å². The van der Waals surface area contributed by atoms with Gasteiger partial charge in [-0.1, -0.05) is 12.1 Å². The van der Waals surface area contributed by atoms with E-state index in [-0.39, 0.29) is 29.1 Å². The number of aryl methyl sites for hydroxylation is 1. The van der Waals surface area contributed by atoms with Crippen molar-refractivity contribution in [3.63, 3.8) is 0 Å². The maximum absolute atomic E-state index is 12.9. The highest BCUT2D eigenvalue weighted by Crippen LogP contribution is 2.15. The molecule has 0 unspecified atom stereocenters. The Morgan fingerprint density at radius 1 is 1.33 bits per heavy atom. The van der Waals surface area contributed by atoms with Gasteiger partial charge in [0.25, 0.3) is 5.56 Å². The Hall–Kier alpha value is -2.54. The van der Waals surface area contributed by atoms with Crippen molar-refractivity contribution in [3.05, 3.63) is 57.5 Å². The van der Waals surface area contributed by atoms with Crippen LogP contribution in [0.25, 0.3) is 11.0 Å². The van der Waals surface area contributed by atoms with Crippen molar-refractivity contribution in [2.24, 2.45) is 0 Å². The number of H-pyrrole nitrogens is 1. The summed E-state index contributed by atoms with van der Waals surface area (Å²) >= 11 is 0. The standard InChI is InChI=1S/C14H13FN4O2/c1-8-16-13-12(14(21)17-8)11(7-20)18-19(13)6-9-2-4-10(15)5-3-9/h2-5,20H,6-7H2,1H3,(H,16,17,21). The maximum Gasteiger partial charge on any atom is 0.262 e. The number of benzene rings is 1. The molecule has 0 spiro atoms. The van der Waals surface area contributed by atoms with Crippen molar-refractivity contribution in [1.29, 1.82) is 0 Å². The van der Waals surface area contributed by atoms with Crippen LogP contribution in [0.1, 0.15) is 17.1 Å². The van der Waals surface area contributed by atoms with Gasteiger partial charge in [-0.15, -0.1) is 0 Å².